The maximum Gasteiger partial charge on any atom is 0.408 e. The van der Waals surface area contributed by atoms with Crippen LogP contribution in [0.4, 0.5) is 4.79 Å². The van der Waals surface area contributed by atoms with Crippen LogP contribution in [0, 0.1) is 0 Å². The van der Waals surface area contributed by atoms with Gasteiger partial charge in [0.1, 0.15) is 11.6 Å². The van der Waals surface area contributed by atoms with Crippen LogP contribution in [0.3, 0.4) is 0 Å². The van der Waals surface area contributed by atoms with Gasteiger partial charge >= 0.3 is 12.1 Å². The summed E-state index contributed by atoms with van der Waals surface area (Å²) < 4.78 is 6.00. The number of ether oxygens (including phenoxy) is 1. The zero-order chi connectivity index (χ0) is 17.1. The van der Waals surface area contributed by atoms with Crippen molar-refractivity contribution in [3.8, 4) is 0 Å². The third-order valence-electron chi connectivity index (χ3n) is 3.20. The number of carbonyl (C=O) groups excluding carboxylic acids is 1. The minimum Gasteiger partial charge on any atom is -0.480 e. The van der Waals surface area contributed by atoms with Gasteiger partial charge in [-0.1, -0.05) is 41.9 Å². The third kappa shape index (κ3) is 5.02. The molecule has 122 valence electrons. The molecule has 0 aromatic heterocycles. The van der Waals surface area contributed by atoms with Crippen LogP contribution in [-0.2, 0) is 14.9 Å². The molecule has 0 radical (unpaired) electrons. The van der Waals surface area contributed by atoms with Gasteiger partial charge in [-0.25, -0.2) is 9.59 Å². The van der Waals surface area contributed by atoms with Crippen molar-refractivity contribution in [3.63, 3.8) is 0 Å². The van der Waals surface area contributed by atoms with Crippen LogP contribution < -0.4 is 5.32 Å². The number of nitrogens with one attached hydrogen (secondary N) is 1. The van der Waals surface area contributed by atoms with Gasteiger partial charge in [-0.15, -0.1) is 0 Å². The summed E-state index contributed by atoms with van der Waals surface area (Å²) >= 11 is 3.37. The van der Waals surface area contributed by atoms with E-state index in [4.69, 9.17) is 4.74 Å². The maximum absolute atomic E-state index is 11.9. The molecule has 22 heavy (non-hydrogen) atoms. The van der Waals surface area contributed by atoms with Gasteiger partial charge in [-0.3, -0.25) is 0 Å². The Morgan fingerprint density at radius 2 is 1.82 bits per heavy atom. The zero-order valence-electron chi connectivity index (χ0n) is 13.4. The van der Waals surface area contributed by atoms with Crippen molar-refractivity contribution in [2.24, 2.45) is 0 Å². The number of carboxylic acid groups (broad SMARTS) is 1. The highest BCUT2D eigenvalue weighted by Crippen LogP contribution is 2.29. The second-order valence-corrected chi connectivity index (χ2v) is 7.57. The molecule has 0 fully saturated rings. The minimum absolute atomic E-state index is 0.687. The summed E-state index contributed by atoms with van der Waals surface area (Å²) in [6.45, 7) is 8.71. The lowest BCUT2D eigenvalue weighted by molar-refractivity contribution is -0.141. The summed E-state index contributed by atoms with van der Waals surface area (Å²) in [5.41, 5.74) is -0.704. The van der Waals surface area contributed by atoms with E-state index in [9.17, 15) is 14.7 Å². The number of amides is 1. The second kappa shape index (κ2) is 6.69. The summed E-state index contributed by atoms with van der Waals surface area (Å²) in [6, 6.07) is 6.24. The third-order valence-corrected chi connectivity index (χ3v) is 3.69. The number of hydrogen-bond acceptors (Lipinski definition) is 3. The van der Waals surface area contributed by atoms with Crippen LogP contribution in [0.1, 0.15) is 40.2 Å². The number of carboxylic acids is 1. The van der Waals surface area contributed by atoms with Gasteiger partial charge < -0.3 is 15.2 Å². The number of halogens is 1. The summed E-state index contributed by atoms with van der Waals surface area (Å²) in [7, 11) is 0. The fraction of sp³-hybridized carbons (Fsp3) is 0.500. The average Bonchev–Trinajstić information content (AvgIpc) is 2.33. The second-order valence-electron chi connectivity index (χ2n) is 6.65. The molecule has 1 aromatic rings. The fourth-order valence-electron chi connectivity index (χ4n) is 2.03. The summed E-state index contributed by atoms with van der Waals surface area (Å²) in [5.74, 6) is -1.11. The van der Waals surface area contributed by atoms with Crippen LogP contribution in [0.15, 0.2) is 28.7 Å². The van der Waals surface area contributed by atoms with Gasteiger partial charge in [0.15, 0.2) is 0 Å². The molecule has 1 rings (SSSR count). The number of alkyl carbamates (subject to hydrolysis) is 1. The Labute approximate surface area is 139 Å². The molecule has 1 atom stereocenters. The average molecular weight is 372 g/mol. The molecule has 0 saturated carbocycles. The highest BCUT2D eigenvalue weighted by atomic mass is 79.9. The van der Waals surface area contributed by atoms with Gasteiger partial charge in [0.25, 0.3) is 0 Å². The van der Waals surface area contributed by atoms with E-state index >= 15 is 0 Å². The monoisotopic (exact) mass is 371 g/mol. The Kier molecular flexibility index (Phi) is 5.62. The van der Waals surface area contributed by atoms with E-state index in [1.165, 1.54) is 0 Å². The molecule has 5 nitrogen and oxygen atoms in total. The molecule has 0 heterocycles. The van der Waals surface area contributed by atoms with Crippen LogP contribution in [0.25, 0.3) is 0 Å². The smallest absolute Gasteiger partial charge is 0.408 e. The van der Waals surface area contributed by atoms with Gasteiger partial charge in [-0.05, 0) is 38.5 Å². The Bertz CT molecular complexity index is 564. The molecule has 1 aromatic carbocycles. The molecule has 0 aliphatic heterocycles. The highest BCUT2D eigenvalue weighted by Gasteiger charge is 2.39. The van der Waals surface area contributed by atoms with Gasteiger partial charge in [0, 0.05) is 9.89 Å². The zero-order valence-corrected chi connectivity index (χ0v) is 15.0. The predicted molar refractivity (Wildman–Crippen MR) is 88.0 cm³/mol. The summed E-state index contributed by atoms with van der Waals surface area (Å²) in [4.78, 5) is 23.5. The molecular weight excluding hydrogens is 350 g/mol. The normalized spacial score (nSPS) is 13.4. The molecule has 1 amide bonds. The van der Waals surface area contributed by atoms with E-state index in [1.54, 1.807) is 34.6 Å². The predicted octanol–water partition coefficient (Wildman–Crippen LogP) is 3.70. The van der Waals surface area contributed by atoms with E-state index in [1.807, 2.05) is 24.3 Å². The van der Waals surface area contributed by atoms with E-state index in [0.717, 1.165) is 10.0 Å². The summed E-state index contributed by atoms with van der Waals surface area (Å²) in [6.07, 6.45) is -0.747. The van der Waals surface area contributed by atoms with E-state index in [2.05, 4.69) is 21.2 Å². The molecule has 0 aliphatic carbocycles. The first kappa shape index (κ1) is 18.5. The Morgan fingerprint density at radius 1 is 1.23 bits per heavy atom. The van der Waals surface area contributed by atoms with Gasteiger partial charge in [0.05, 0.1) is 0 Å². The topological polar surface area (TPSA) is 75.6 Å². The molecule has 2 N–H and O–H groups in total. The SMILES string of the molecule is CC(C)(C)OC(=O)N[C@H](C(=O)O)C(C)(C)c1cccc(Br)c1. The lowest BCUT2D eigenvalue weighted by Gasteiger charge is -2.33. The first-order chi connectivity index (χ1) is 9.93. The Balaban J connectivity index is 3.04. The largest absolute Gasteiger partial charge is 0.480 e. The number of aliphatic carboxylic acids is 1. The van der Waals surface area contributed by atoms with Crippen molar-refractivity contribution in [2.75, 3.05) is 0 Å². The number of carbonyl (C=O) groups is 2. The standard InChI is InChI=1S/C16H22BrNO4/c1-15(2,3)22-14(21)18-12(13(19)20)16(4,5)10-7-6-8-11(17)9-10/h6-9,12H,1-5H3,(H,18,21)(H,19,20)/t12-/m1/s1. The first-order valence-corrected chi connectivity index (χ1v) is 7.71. The van der Waals surface area contributed by atoms with E-state index in [-0.39, 0.29) is 0 Å². The maximum atomic E-state index is 11.9. The van der Waals surface area contributed by atoms with Crippen molar-refractivity contribution >= 4 is 28.0 Å². The summed E-state index contributed by atoms with van der Waals surface area (Å²) in [5, 5.41) is 12.0. The lowest BCUT2D eigenvalue weighted by atomic mass is 9.77. The first-order valence-electron chi connectivity index (χ1n) is 6.92. The number of rotatable bonds is 4. The molecule has 0 unspecified atom stereocenters. The van der Waals surface area contributed by atoms with Crippen molar-refractivity contribution < 1.29 is 19.4 Å². The van der Waals surface area contributed by atoms with Crippen molar-refractivity contribution in [2.45, 2.75) is 51.7 Å². The Morgan fingerprint density at radius 3 is 2.27 bits per heavy atom. The minimum atomic E-state index is -1.11. The molecule has 0 aliphatic rings. The highest BCUT2D eigenvalue weighted by molar-refractivity contribution is 9.10. The molecule has 0 saturated heterocycles. The molecule has 0 spiro atoms. The van der Waals surface area contributed by atoms with E-state index in [0.29, 0.717) is 0 Å². The molecule has 0 bridgehead atoms. The van der Waals surface area contributed by atoms with Crippen molar-refractivity contribution in [3.05, 3.63) is 34.3 Å². The Hall–Kier alpha value is -1.56. The molecule has 6 heteroatoms. The van der Waals surface area contributed by atoms with Crippen LogP contribution >= 0.6 is 15.9 Å². The van der Waals surface area contributed by atoms with Gasteiger partial charge in [0.2, 0.25) is 0 Å². The van der Waals surface area contributed by atoms with Crippen molar-refractivity contribution in [1.82, 2.24) is 5.32 Å². The number of benzene rings is 1. The van der Waals surface area contributed by atoms with Crippen LogP contribution in [-0.4, -0.2) is 28.8 Å². The van der Waals surface area contributed by atoms with Crippen molar-refractivity contribution in [1.29, 1.82) is 0 Å². The van der Waals surface area contributed by atoms with E-state index < -0.39 is 29.1 Å². The lowest BCUT2D eigenvalue weighted by Crippen LogP contribution is -2.53. The van der Waals surface area contributed by atoms with Gasteiger partial charge in [-0.2, -0.15) is 0 Å². The quantitative estimate of drug-likeness (QED) is 0.845. The molecular formula is C16H22BrNO4. The number of hydrogen-bond donors (Lipinski definition) is 2. The van der Waals surface area contributed by atoms with Crippen LogP contribution in [0.5, 0.6) is 0 Å². The van der Waals surface area contributed by atoms with Crippen LogP contribution in [0.2, 0.25) is 0 Å². The fourth-order valence-corrected chi connectivity index (χ4v) is 2.43.